The van der Waals surface area contributed by atoms with Gasteiger partial charge in [-0.1, -0.05) is 0 Å². The number of hydrogen-bond donors (Lipinski definition) is 2. The number of benzene rings is 1. The molecule has 3 N–H and O–H groups in total. The number of primary amides is 1. The molecule has 1 atom stereocenters. The van der Waals surface area contributed by atoms with Gasteiger partial charge in [-0.05, 0) is 25.1 Å². The molecule has 3 amide bonds. The van der Waals surface area contributed by atoms with Crippen LogP contribution in [0.25, 0.3) is 0 Å². The highest BCUT2D eigenvalue weighted by molar-refractivity contribution is 8.00. The molecular formula is C13H16N2O4S. The molecule has 108 valence electrons. The third kappa shape index (κ3) is 3.80. The molecule has 0 unspecified atom stereocenters. The van der Waals surface area contributed by atoms with Crippen molar-refractivity contribution in [2.24, 2.45) is 5.73 Å². The van der Waals surface area contributed by atoms with E-state index in [-0.39, 0.29) is 0 Å². The summed E-state index contributed by atoms with van der Waals surface area (Å²) in [5, 5.41) is 1.62. The maximum Gasteiger partial charge on any atom is 0.318 e. The summed E-state index contributed by atoms with van der Waals surface area (Å²) in [5.41, 5.74) is 4.92. The van der Waals surface area contributed by atoms with Gasteiger partial charge in [-0.25, -0.2) is 4.79 Å². The molecule has 6 nitrogen and oxygen atoms in total. The molecule has 1 aliphatic rings. The van der Waals surface area contributed by atoms with Crippen LogP contribution in [0.5, 0.6) is 11.5 Å². The molecule has 7 heteroatoms. The van der Waals surface area contributed by atoms with Gasteiger partial charge in [0, 0.05) is 11.3 Å². The van der Waals surface area contributed by atoms with E-state index in [0.717, 1.165) is 11.3 Å². The fraction of sp³-hybridized carbons (Fsp3) is 0.385. The number of nitrogens with two attached hydrogens (primary N) is 1. The molecule has 20 heavy (non-hydrogen) atoms. The van der Waals surface area contributed by atoms with Crippen LogP contribution >= 0.6 is 11.8 Å². The maximum absolute atomic E-state index is 11.6. The number of thioether (sulfide) groups is 1. The number of fused-ring (bicyclic) bond motifs is 1. The van der Waals surface area contributed by atoms with Crippen molar-refractivity contribution in [3.05, 3.63) is 18.2 Å². The minimum Gasteiger partial charge on any atom is -0.490 e. The van der Waals surface area contributed by atoms with Crippen LogP contribution in [0.4, 0.5) is 4.79 Å². The Bertz CT molecular complexity index is 521. The van der Waals surface area contributed by atoms with Gasteiger partial charge in [-0.3, -0.25) is 10.1 Å². The zero-order valence-electron chi connectivity index (χ0n) is 11.0. The number of imide groups is 1. The number of rotatable bonds is 3. The lowest BCUT2D eigenvalue weighted by molar-refractivity contribution is -0.119. The molecule has 1 heterocycles. The van der Waals surface area contributed by atoms with E-state index in [1.807, 2.05) is 18.2 Å². The Morgan fingerprint density at radius 1 is 1.30 bits per heavy atom. The van der Waals surface area contributed by atoms with Crippen LogP contribution in [0.3, 0.4) is 0 Å². The zero-order chi connectivity index (χ0) is 14.5. The van der Waals surface area contributed by atoms with Crippen LogP contribution in [-0.2, 0) is 4.79 Å². The third-order valence-corrected chi connectivity index (χ3v) is 3.74. The summed E-state index contributed by atoms with van der Waals surface area (Å²) in [6.45, 7) is 2.95. The number of ether oxygens (including phenoxy) is 2. The van der Waals surface area contributed by atoms with Crippen LogP contribution in [-0.4, -0.2) is 30.4 Å². The third-order valence-electron chi connectivity index (χ3n) is 2.65. The number of nitrogens with one attached hydrogen (secondary N) is 1. The molecule has 1 aliphatic heterocycles. The molecular weight excluding hydrogens is 280 g/mol. The lowest BCUT2D eigenvalue weighted by atomic mass is 10.3. The van der Waals surface area contributed by atoms with Gasteiger partial charge < -0.3 is 15.2 Å². The van der Waals surface area contributed by atoms with Crippen molar-refractivity contribution in [3.8, 4) is 11.5 Å². The largest absolute Gasteiger partial charge is 0.490 e. The second-order valence-electron chi connectivity index (χ2n) is 4.27. The van der Waals surface area contributed by atoms with Crippen LogP contribution < -0.4 is 20.5 Å². The number of urea groups is 1. The average Bonchev–Trinajstić information content (AvgIpc) is 2.62. The van der Waals surface area contributed by atoms with E-state index in [9.17, 15) is 9.59 Å². The quantitative estimate of drug-likeness (QED) is 0.825. The summed E-state index contributed by atoms with van der Waals surface area (Å²) in [4.78, 5) is 23.1. The number of carbonyl (C=O) groups excluding carboxylic acids is 2. The summed E-state index contributed by atoms with van der Waals surface area (Å²) in [6, 6.07) is 4.66. The Balaban J connectivity index is 2.04. The fourth-order valence-electron chi connectivity index (χ4n) is 1.70. The predicted molar refractivity (Wildman–Crippen MR) is 75.1 cm³/mol. The number of hydrogen-bond acceptors (Lipinski definition) is 5. The highest BCUT2D eigenvalue weighted by atomic mass is 32.2. The molecule has 0 saturated carbocycles. The first-order valence-corrected chi connectivity index (χ1v) is 7.11. The Kier molecular flexibility index (Phi) is 4.73. The Hall–Kier alpha value is -1.89. The van der Waals surface area contributed by atoms with Crippen molar-refractivity contribution >= 4 is 23.7 Å². The highest BCUT2D eigenvalue weighted by Gasteiger charge is 2.17. The van der Waals surface area contributed by atoms with Crippen molar-refractivity contribution in [3.63, 3.8) is 0 Å². The standard InChI is InChI=1S/C13H16N2O4S/c1-8(12(16)15-13(14)17)20-9-3-4-10-11(7-9)19-6-2-5-18-10/h3-4,7-8H,2,5-6H2,1H3,(H3,14,15,16,17)/t8-/m0/s1. The first-order valence-electron chi connectivity index (χ1n) is 6.23. The molecule has 0 spiro atoms. The van der Waals surface area contributed by atoms with Crippen molar-refractivity contribution in [1.82, 2.24) is 5.32 Å². The molecule has 0 aromatic heterocycles. The van der Waals surface area contributed by atoms with Gasteiger partial charge >= 0.3 is 6.03 Å². The topological polar surface area (TPSA) is 90.7 Å². The van der Waals surface area contributed by atoms with Gasteiger partial charge in [0.1, 0.15) is 0 Å². The molecule has 1 aromatic carbocycles. The Morgan fingerprint density at radius 3 is 2.70 bits per heavy atom. The van der Waals surface area contributed by atoms with E-state index in [0.29, 0.717) is 24.7 Å². The molecule has 2 rings (SSSR count). The minimum absolute atomic E-state index is 0.422. The summed E-state index contributed by atoms with van der Waals surface area (Å²) in [7, 11) is 0. The first-order chi connectivity index (χ1) is 9.56. The Morgan fingerprint density at radius 2 is 2.00 bits per heavy atom. The smallest absolute Gasteiger partial charge is 0.318 e. The second-order valence-corrected chi connectivity index (χ2v) is 5.69. The van der Waals surface area contributed by atoms with E-state index in [4.69, 9.17) is 15.2 Å². The SMILES string of the molecule is C[C@H](Sc1ccc2c(c1)OCCCO2)C(=O)NC(N)=O. The average molecular weight is 296 g/mol. The Labute approximate surface area is 121 Å². The lowest BCUT2D eigenvalue weighted by Crippen LogP contribution is -2.39. The van der Waals surface area contributed by atoms with Gasteiger partial charge in [0.25, 0.3) is 0 Å². The summed E-state index contributed by atoms with van der Waals surface area (Å²) >= 11 is 1.32. The normalized spacial score (nSPS) is 15.1. The van der Waals surface area contributed by atoms with E-state index >= 15 is 0 Å². The van der Waals surface area contributed by atoms with Crippen LogP contribution in [0.1, 0.15) is 13.3 Å². The van der Waals surface area contributed by atoms with Gasteiger partial charge in [0.15, 0.2) is 11.5 Å². The van der Waals surface area contributed by atoms with E-state index in [1.54, 1.807) is 6.92 Å². The van der Waals surface area contributed by atoms with Gasteiger partial charge in [-0.2, -0.15) is 0 Å². The maximum atomic E-state index is 11.6. The molecule has 0 fully saturated rings. The monoisotopic (exact) mass is 296 g/mol. The van der Waals surface area contributed by atoms with Gasteiger partial charge in [0.05, 0.1) is 18.5 Å². The summed E-state index contributed by atoms with van der Waals surface area (Å²) in [6.07, 6.45) is 0.842. The highest BCUT2D eigenvalue weighted by Crippen LogP contribution is 2.35. The molecule has 0 radical (unpaired) electrons. The van der Waals surface area contributed by atoms with Crippen LogP contribution in [0, 0.1) is 0 Å². The minimum atomic E-state index is -0.846. The predicted octanol–water partition coefficient (Wildman–Crippen LogP) is 1.52. The molecule has 0 aliphatic carbocycles. The molecule has 0 bridgehead atoms. The van der Waals surface area contributed by atoms with E-state index in [1.165, 1.54) is 11.8 Å². The first kappa shape index (κ1) is 14.5. The summed E-state index contributed by atoms with van der Waals surface area (Å²) < 4.78 is 11.1. The number of carbonyl (C=O) groups is 2. The lowest BCUT2D eigenvalue weighted by Gasteiger charge is -2.12. The summed E-state index contributed by atoms with van der Waals surface area (Å²) in [5.74, 6) is 0.964. The van der Waals surface area contributed by atoms with Crippen LogP contribution in [0.15, 0.2) is 23.1 Å². The molecule has 1 aromatic rings. The van der Waals surface area contributed by atoms with E-state index < -0.39 is 17.2 Å². The van der Waals surface area contributed by atoms with Crippen molar-refractivity contribution in [1.29, 1.82) is 0 Å². The van der Waals surface area contributed by atoms with E-state index in [2.05, 4.69) is 5.32 Å². The zero-order valence-corrected chi connectivity index (χ0v) is 11.9. The van der Waals surface area contributed by atoms with Crippen LogP contribution in [0.2, 0.25) is 0 Å². The fourth-order valence-corrected chi connectivity index (χ4v) is 2.59. The van der Waals surface area contributed by atoms with Crippen molar-refractivity contribution in [2.45, 2.75) is 23.5 Å². The molecule has 0 saturated heterocycles. The van der Waals surface area contributed by atoms with Crippen molar-refractivity contribution in [2.75, 3.05) is 13.2 Å². The van der Waals surface area contributed by atoms with Gasteiger partial charge in [-0.15, -0.1) is 11.8 Å². The number of amides is 3. The van der Waals surface area contributed by atoms with Crippen molar-refractivity contribution < 1.29 is 19.1 Å². The van der Waals surface area contributed by atoms with Gasteiger partial charge in [0.2, 0.25) is 5.91 Å². The second kappa shape index (κ2) is 6.51.